The Morgan fingerprint density at radius 2 is 2.08 bits per heavy atom. The first-order valence-electron chi connectivity index (χ1n) is 8.94. The summed E-state index contributed by atoms with van der Waals surface area (Å²) >= 11 is 0. The maximum absolute atomic E-state index is 12.7. The second kappa shape index (κ2) is 7.34. The van der Waals surface area contributed by atoms with Crippen molar-refractivity contribution >= 4 is 11.8 Å². The zero-order valence-electron chi connectivity index (χ0n) is 14.4. The molecular weight excluding hydrogens is 302 g/mol. The highest BCUT2D eigenvalue weighted by Crippen LogP contribution is 2.30. The molecule has 2 N–H and O–H groups in total. The molecule has 0 bridgehead atoms. The van der Waals surface area contributed by atoms with Crippen LogP contribution in [0.3, 0.4) is 0 Å². The second-order valence-electron chi connectivity index (χ2n) is 7.26. The molecule has 2 saturated heterocycles. The Bertz CT molecular complexity index is 584. The topological polar surface area (TPSA) is 61.4 Å². The Hall–Kier alpha value is -1.88. The maximum Gasteiger partial charge on any atom is 0.253 e. The van der Waals surface area contributed by atoms with Gasteiger partial charge in [0.25, 0.3) is 5.91 Å². The molecule has 3 rings (SSSR count). The smallest absolute Gasteiger partial charge is 0.253 e. The largest absolute Gasteiger partial charge is 0.354 e. The zero-order valence-corrected chi connectivity index (χ0v) is 14.4. The molecule has 2 fully saturated rings. The Kier molecular flexibility index (Phi) is 5.19. The summed E-state index contributed by atoms with van der Waals surface area (Å²) < 4.78 is 0. The van der Waals surface area contributed by atoms with Gasteiger partial charge in [-0.15, -0.1) is 0 Å². The fourth-order valence-electron chi connectivity index (χ4n) is 3.72. The molecule has 0 aromatic heterocycles. The lowest BCUT2D eigenvalue weighted by molar-refractivity contribution is -0.132. The van der Waals surface area contributed by atoms with Gasteiger partial charge in [-0.25, -0.2) is 0 Å². The average molecular weight is 329 g/mol. The van der Waals surface area contributed by atoms with Crippen LogP contribution in [0.4, 0.5) is 0 Å². The average Bonchev–Trinajstić information content (AvgIpc) is 3.13. The van der Waals surface area contributed by atoms with Gasteiger partial charge in [0.05, 0.1) is 5.41 Å². The molecule has 0 spiro atoms. The van der Waals surface area contributed by atoms with E-state index in [2.05, 4.69) is 10.6 Å². The summed E-state index contributed by atoms with van der Waals surface area (Å²) in [6.07, 6.45) is 3.99. The Balaban J connectivity index is 1.60. The van der Waals surface area contributed by atoms with Gasteiger partial charge in [0, 0.05) is 31.2 Å². The Morgan fingerprint density at radius 3 is 2.79 bits per heavy atom. The van der Waals surface area contributed by atoms with Gasteiger partial charge in [-0.1, -0.05) is 18.2 Å². The molecule has 2 atom stereocenters. The number of benzene rings is 1. The number of carbonyl (C=O) groups excluding carboxylic acids is 2. The first kappa shape index (κ1) is 17.0. The van der Waals surface area contributed by atoms with Crippen molar-refractivity contribution < 1.29 is 9.59 Å². The maximum atomic E-state index is 12.7. The summed E-state index contributed by atoms with van der Waals surface area (Å²) in [5.74, 6) is 0.0912. The summed E-state index contributed by atoms with van der Waals surface area (Å²) in [6.45, 7) is 4.92. The van der Waals surface area contributed by atoms with Gasteiger partial charge in [0.1, 0.15) is 0 Å². The van der Waals surface area contributed by atoms with Crippen molar-refractivity contribution in [1.29, 1.82) is 0 Å². The third kappa shape index (κ3) is 3.78. The molecule has 0 aliphatic carbocycles. The minimum atomic E-state index is -0.499. The van der Waals surface area contributed by atoms with Gasteiger partial charge in [-0.3, -0.25) is 9.59 Å². The SMILES string of the molecule is CC1(C(=O)NCC2CCCN2)CCCN(C(=O)c2ccccc2)C1. The number of hydrogen-bond acceptors (Lipinski definition) is 3. The predicted molar refractivity (Wildman–Crippen MR) is 93.7 cm³/mol. The predicted octanol–water partition coefficient (Wildman–Crippen LogP) is 1.80. The standard InChI is InChI=1S/C19H27N3O2/c1-19(18(24)21-13-16-9-5-11-20-16)10-6-12-22(14-19)17(23)15-7-3-2-4-8-15/h2-4,7-8,16,20H,5-6,9-14H2,1H3,(H,21,24). The molecule has 1 aromatic rings. The zero-order chi connectivity index (χ0) is 17.0. The van der Waals surface area contributed by atoms with Gasteiger partial charge in [0.15, 0.2) is 0 Å². The molecule has 130 valence electrons. The van der Waals surface area contributed by atoms with E-state index >= 15 is 0 Å². The van der Waals surface area contributed by atoms with Crippen LogP contribution >= 0.6 is 0 Å². The number of nitrogens with one attached hydrogen (secondary N) is 2. The van der Waals surface area contributed by atoms with E-state index in [0.717, 1.165) is 32.4 Å². The molecule has 5 nitrogen and oxygen atoms in total. The number of rotatable bonds is 4. The van der Waals surface area contributed by atoms with E-state index in [1.807, 2.05) is 42.2 Å². The van der Waals surface area contributed by atoms with E-state index in [9.17, 15) is 9.59 Å². The number of piperidine rings is 1. The third-order valence-electron chi connectivity index (χ3n) is 5.22. The van der Waals surface area contributed by atoms with E-state index in [0.29, 0.717) is 24.7 Å². The monoisotopic (exact) mass is 329 g/mol. The fourth-order valence-corrected chi connectivity index (χ4v) is 3.72. The van der Waals surface area contributed by atoms with Gasteiger partial charge < -0.3 is 15.5 Å². The molecule has 0 radical (unpaired) electrons. The lowest BCUT2D eigenvalue weighted by Crippen LogP contribution is -2.53. The Labute approximate surface area is 143 Å². The van der Waals surface area contributed by atoms with Crippen LogP contribution in [0.2, 0.25) is 0 Å². The van der Waals surface area contributed by atoms with Crippen LogP contribution in [0, 0.1) is 5.41 Å². The van der Waals surface area contributed by atoms with Crippen molar-refractivity contribution in [3.63, 3.8) is 0 Å². The lowest BCUT2D eigenvalue weighted by Gasteiger charge is -2.39. The summed E-state index contributed by atoms with van der Waals surface area (Å²) in [5.41, 5.74) is 0.193. The van der Waals surface area contributed by atoms with E-state index in [1.54, 1.807) is 0 Å². The van der Waals surface area contributed by atoms with Crippen molar-refractivity contribution in [2.45, 2.75) is 38.6 Å². The molecule has 2 aliphatic rings. The van der Waals surface area contributed by atoms with Gasteiger partial charge in [0.2, 0.25) is 5.91 Å². The molecule has 2 amide bonds. The summed E-state index contributed by atoms with van der Waals surface area (Å²) in [6, 6.07) is 9.71. The number of nitrogens with zero attached hydrogens (tertiary/aromatic N) is 1. The molecule has 2 aliphatic heterocycles. The molecule has 2 heterocycles. The second-order valence-corrected chi connectivity index (χ2v) is 7.26. The molecule has 0 saturated carbocycles. The quantitative estimate of drug-likeness (QED) is 0.885. The van der Waals surface area contributed by atoms with Crippen LogP contribution in [-0.2, 0) is 4.79 Å². The normalized spacial score (nSPS) is 27.0. The van der Waals surface area contributed by atoms with E-state index < -0.39 is 5.41 Å². The van der Waals surface area contributed by atoms with Crippen LogP contribution < -0.4 is 10.6 Å². The summed E-state index contributed by atoms with van der Waals surface area (Å²) in [5, 5.41) is 6.49. The highest BCUT2D eigenvalue weighted by molar-refractivity contribution is 5.95. The first-order valence-corrected chi connectivity index (χ1v) is 8.94. The van der Waals surface area contributed by atoms with E-state index in [4.69, 9.17) is 0 Å². The molecule has 1 aromatic carbocycles. The van der Waals surface area contributed by atoms with Gasteiger partial charge in [-0.05, 0) is 51.3 Å². The highest BCUT2D eigenvalue weighted by Gasteiger charge is 2.39. The highest BCUT2D eigenvalue weighted by atomic mass is 16.2. The van der Waals surface area contributed by atoms with Crippen LogP contribution in [0.1, 0.15) is 43.0 Å². The fraction of sp³-hybridized carbons (Fsp3) is 0.579. The number of likely N-dealkylation sites (tertiary alicyclic amines) is 1. The van der Waals surface area contributed by atoms with Gasteiger partial charge in [-0.2, -0.15) is 0 Å². The molecule has 5 heteroatoms. The molecule has 2 unspecified atom stereocenters. The van der Waals surface area contributed by atoms with E-state index in [1.165, 1.54) is 6.42 Å². The summed E-state index contributed by atoms with van der Waals surface area (Å²) in [7, 11) is 0. The third-order valence-corrected chi connectivity index (χ3v) is 5.22. The van der Waals surface area contributed by atoms with E-state index in [-0.39, 0.29) is 11.8 Å². The lowest BCUT2D eigenvalue weighted by atomic mass is 9.80. The van der Waals surface area contributed by atoms with Crippen LogP contribution in [0.25, 0.3) is 0 Å². The summed E-state index contributed by atoms with van der Waals surface area (Å²) in [4.78, 5) is 27.2. The molecule has 24 heavy (non-hydrogen) atoms. The first-order chi connectivity index (χ1) is 11.6. The number of hydrogen-bond donors (Lipinski definition) is 2. The van der Waals surface area contributed by atoms with Crippen molar-refractivity contribution in [3.8, 4) is 0 Å². The van der Waals surface area contributed by atoms with Crippen LogP contribution in [-0.4, -0.2) is 48.9 Å². The van der Waals surface area contributed by atoms with Crippen molar-refractivity contribution in [2.24, 2.45) is 5.41 Å². The number of amides is 2. The van der Waals surface area contributed by atoms with Crippen molar-refractivity contribution in [1.82, 2.24) is 15.5 Å². The minimum absolute atomic E-state index is 0.0202. The molecular formula is C19H27N3O2. The van der Waals surface area contributed by atoms with Crippen LogP contribution in [0.5, 0.6) is 0 Å². The number of carbonyl (C=O) groups is 2. The van der Waals surface area contributed by atoms with Crippen molar-refractivity contribution in [2.75, 3.05) is 26.2 Å². The van der Waals surface area contributed by atoms with Crippen LogP contribution in [0.15, 0.2) is 30.3 Å². The van der Waals surface area contributed by atoms with Crippen molar-refractivity contribution in [3.05, 3.63) is 35.9 Å². The minimum Gasteiger partial charge on any atom is -0.354 e. The Morgan fingerprint density at radius 1 is 1.29 bits per heavy atom. The van der Waals surface area contributed by atoms with Gasteiger partial charge >= 0.3 is 0 Å².